The number of benzene rings is 1. The number of rotatable bonds is 3. The monoisotopic (exact) mass is 384 g/mol. The van der Waals surface area contributed by atoms with Gasteiger partial charge in [0.2, 0.25) is 0 Å². The van der Waals surface area contributed by atoms with Crippen molar-refractivity contribution in [1.29, 1.82) is 0 Å². The second-order valence-electron chi connectivity index (χ2n) is 8.33. The van der Waals surface area contributed by atoms with Crippen molar-refractivity contribution in [2.45, 2.75) is 57.8 Å². The quantitative estimate of drug-likeness (QED) is 0.752. The number of aromatic nitrogens is 1. The van der Waals surface area contributed by atoms with Crippen LogP contribution in [0.4, 0.5) is 8.78 Å². The summed E-state index contributed by atoms with van der Waals surface area (Å²) in [4.78, 5) is 9.06. The van der Waals surface area contributed by atoms with Crippen LogP contribution in [0, 0.1) is 11.6 Å². The minimum absolute atomic E-state index is 0.0215. The number of hydrogen-bond acceptors (Lipinski definition) is 4. The highest BCUT2D eigenvalue weighted by Crippen LogP contribution is 2.36. The molecule has 146 valence electrons. The topological polar surface area (TPSA) is 43.7 Å². The van der Waals surface area contributed by atoms with Gasteiger partial charge in [-0.3, -0.25) is 9.98 Å². The van der Waals surface area contributed by atoms with E-state index in [0.29, 0.717) is 24.1 Å². The van der Waals surface area contributed by atoms with E-state index >= 15 is 0 Å². The lowest BCUT2D eigenvalue weighted by Crippen LogP contribution is -2.41. The summed E-state index contributed by atoms with van der Waals surface area (Å²) in [5.74, 6) is -1.15. The Morgan fingerprint density at radius 2 is 1.64 bits per heavy atom. The van der Waals surface area contributed by atoms with Crippen LogP contribution in [0.5, 0.6) is 0 Å². The van der Waals surface area contributed by atoms with Gasteiger partial charge in [0.1, 0.15) is 11.6 Å². The lowest BCUT2D eigenvalue weighted by atomic mass is 9.84. The third-order valence-electron chi connectivity index (χ3n) is 5.91. The maximum atomic E-state index is 14.0. The fourth-order valence-electron chi connectivity index (χ4n) is 3.51. The van der Waals surface area contributed by atoms with E-state index in [0.717, 1.165) is 5.56 Å². The van der Waals surface area contributed by atoms with Gasteiger partial charge < -0.3 is 9.31 Å². The molecule has 0 amide bonds. The molecular weight excluding hydrogens is 361 g/mol. The number of halogens is 2. The molecule has 4 nitrogen and oxygen atoms in total. The molecule has 2 aromatic rings. The van der Waals surface area contributed by atoms with Gasteiger partial charge in [0.25, 0.3) is 0 Å². The van der Waals surface area contributed by atoms with E-state index < -0.39 is 30.0 Å². The van der Waals surface area contributed by atoms with Gasteiger partial charge in [-0.2, -0.15) is 0 Å². The van der Waals surface area contributed by atoms with Crippen LogP contribution in [0.3, 0.4) is 0 Å². The molecule has 7 heteroatoms. The highest BCUT2D eigenvalue weighted by Gasteiger charge is 2.52. The van der Waals surface area contributed by atoms with E-state index in [9.17, 15) is 8.78 Å². The standard InChI is InChI=1S/C21H23BF2N2O2/c1-20(2)21(3,4)28-22(27-20)18-11-8-13(12-25-18)16-9-10-17(26-16)19-14(23)6-5-7-15(19)24/h5-8,11-12,16H,9-10H2,1-4H3. The molecule has 0 saturated carbocycles. The van der Waals surface area contributed by atoms with Gasteiger partial charge in [-0.05, 0) is 64.3 Å². The molecule has 4 rings (SSSR count). The summed E-state index contributed by atoms with van der Waals surface area (Å²) in [6, 6.07) is 7.52. The Morgan fingerprint density at radius 1 is 1.00 bits per heavy atom. The van der Waals surface area contributed by atoms with Gasteiger partial charge >= 0.3 is 7.12 Å². The zero-order valence-corrected chi connectivity index (χ0v) is 16.5. The molecule has 0 aliphatic carbocycles. The van der Waals surface area contributed by atoms with Crippen LogP contribution in [-0.4, -0.2) is 29.0 Å². The van der Waals surface area contributed by atoms with Gasteiger partial charge in [-0.1, -0.05) is 12.1 Å². The van der Waals surface area contributed by atoms with Crippen LogP contribution in [0.15, 0.2) is 41.5 Å². The van der Waals surface area contributed by atoms with E-state index in [2.05, 4.69) is 9.98 Å². The van der Waals surface area contributed by atoms with Crippen molar-refractivity contribution in [1.82, 2.24) is 4.98 Å². The lowest BCUT2D eigenvalue weighted by molar-refractivity contribution is 0.00578. The molecule has 3 heterocycles. The van der Waals surface area contributed by atoms with Crippen molar-refractivity contribution in [3.8, 4) is 0 Å². The molecule has 2 aliphatic heterocycles. The Labute approximate surface area is 164 Å². The Kier molecular flexibility index (Phi) is 4.63. The Bertz CT molecular complexity index is 892. The van der Waals surface area contributed by atoms with Gasteiger partial charge in [-0.25, -0.2) is 8.78 Å². The van der Waals surface area contributed by atoms with Crippen molar-refractivity contribution >= 4 is 18.4 Å². The van der Waals surface area contributed by atoms with Crippen LogP contribution in [0.2, 0.25) is 0 Å². The zero-order valence-electron chi connectivity index (χ0n) is 16.5. The molecule has 0 N–H and O–H groups in total. The van der Waals surface area contributed by atoms with Crippen molar-refractivity contribution in [3.05, 3.63) is 59.3 Å². The number of aliphatic imine (C=N–C) groups is 1. The largest absolute Gasteiger partial charge is 0.514 e. The predicted molar refractivity (Wildman–Crippen MR) is 105 cm³/mol. The second kappa shape index (κ2) is 6.74. The summed E-state index contributed by atoms with van der Waals surface area (Å²) in [5, 5.41) is 0. The maximum Gasteiger partial charge on any atom is 0.514 e. The third kappa shape index (κ3) is 3.27. The Hall–Kier alpha value is -2.12. The summed E-state index contributed by atoms with van der Waals surface area (Å²) < 4.78 is 40.1. The van der Waals surface area contributed by atoms with Gasteiger partial charge in [-0.15, -0.1) is 0 Å². The van der Waals surface area contributed by atoms with E-state index in [4.69, 9.17) is 9.31 Å². The SMILES string of the molecule is CC1(C)OB(c2ccc(C3CCC(c4c(F)cccc4F)=N3)cn2)OC1(C)C. The average molecular weight is 384 g/mol. The van der Waals surface area contributed by atoms with Gasteiger partial charge in [0.15, 0.2) is 0 Å². The molecule has 1 unspecified atom stereocenters. The van der Waals surface area contributed by atoms with Crippen molar-refractivity contribution in [2.75, 3.05) is 0 Å². The smallest absolute Gasteiger partial charge is 0.398 e. The highest BCUT2D eigenvalue weighted by molar-refractivity contribution is 6.61. The van der Waals surface area contributed by atoms with E-state index in [-0.39, 0.29) is 11.6 Å². The van der Waals surface area contributed by atoms with Crippen LogP contribution < -0.4 is 5.59 Å². The molecule has 0 spiro atoms. The molecule has 28 heavy (non-hydrogen) atoms. The first-order chi connectivity index (χ1) is 13.2. The molecule has 1 saturated heterocycles. The lowest BCUT2D eigenvalue weighted by Gasteiger charge is -2.32. The molecule has 0 radical (unpaired) electrons. The summed E-state index contributed by atoms with van der Waals surface area (Å²) in [5.41, 5.74) is 1.21. The normalized spacial score (nSPS) is 23.1. The predicted octanol–water partition coefficient (Wildman–Crippen LogP) is 3.98. The van der Waals surface area contributed by atoms with E-state index in [1.807, 2.05) is 39.8 Å². The van der Waals surface area contributed by atoms with E-state index in [1.54, 1.807) is 6.20 Å². The summed E-state index contributed by atoms with van der Waals surface area (Å²) in [6.45, 7) is 7.99. The second-order valence-corrected chi connectivity index (χ2v) is 8.33. The first kappa shape index (κ1) is 19.2. The molecule has 0 bridgehead atoms. The number of pyridine rings is 1. The van der Waals surface area contributed by atoms with Crippen LogP contribution in [0.1, 0.15) is 57.7 Å². The summed E-state index contributed by atoms with van der Waals surface area (Å²) in [7, 11) is -0.519. The number of hydrogen-bond donors (Lipinski definition) is 0. The third-order valence-corrected chi connectivity index (χ3v) is 5.91. The maximum absolute atomic E-state index is 14.0. The first-order valence-electron chi connectivity index (χ1n) is 9.50. The average Bonchev–Trinajstić information content (AvgIpc) is 3.18. The molecule has 1 atom stereocenters. The molecule has 2 aliphatic rings. The molecule has 1 aromatic carbocycles. The fraction of sp³-hybridized carbons (Fsp3) is 0.429. The summed E-state index contributed by atoms with van der Waals surface area (Å²) in [6.07, 6.45) is 2.97. The number of nitrogens with zero attached hydrogens (tertiary/aromatic N) is 2. The summed E-state index contributed by atoms with van der Waals surface area (Å²) >= 11 is 0. The molecular formula is C21H23BF2N2O2. The van der Waals surface area contributed by atoms with Crippen molar-refractivity contribution in [3.63, 3.8) is 0 Å². The van der Waals surface area contributed by atoms with Crippen LogP contribution >= 0.6 is 0 Å². The Morgan fingerprint density at radius 3 is 2.21 bits per heavy atom. The van der Waals surface area contributed by atoms with Gasteiger partial charge in [0, 0.05) is 11.9 Å². The van der Waals surface area contributed by atoms with Gasteiger partial charge in [0.05, 0.1) is 28.4 Å². The van der Waals surface area contributed by atoms with Crippen molar-refractivity contribution < 1.29 is 18.1 Å². The van der Waals surface area contributed by atoms with Crippen molar-refractivity contribution in [2.24, 2.45) is 4.99 Å². The molecule has 1 fully saturated rings. The zero-order chi connectivity index (χ0) is 20.1. The first-order valence-corrected chi connectivity index (χ1v) is 9.50. The minimum Gasteiger partial charge on any atom is -0.398 e. The van der Waals surface area contributed by atoms with Crippen LogP contribution in [0.25, 0.3) is 0 Å². The van der Waals surface area contributed by atoms with E-state index in [1.165, 1.54) is 18.2 Å². The molecule has 1 aromatic heterocycles. The highest BCUT2D eigenvalue weighted by atomic mass is 19.1. The fourth-order valence-corrected chi connectivity index (χ4v) is 3.51. The minimum atomic E-state index is -0.575. The Balaban J connectivity index is 1.53. The van der Waals surface area contributed by atoms with Crippen LogP contribution in [-0.2, 0) is 9.31 Å².